The first-order chi connectivity index (χ1) is 17.0. The van der Waals surface area contributed by atoms with E-state index in [0.29, 0.717) is 15.2 Å². The second kappa shape index (κ2) is 10.4. The molecule has 1 saturated heterocycles. The number of nitrogens with zero attached hydrogens (tertiary/aromatic N) is 4. The van der Waals surface area contributed by atoms with Gasteiger partial charge in [-0.1, -0.05) is 53.5 Å². The number of benzene rings is 2. The van der Waals surface area contributed by atoms with E-state index in [-0.39, 0.29) is 0 Å². The quantitative estimate of drug-likeness (QED) is 0.406. The van der Waals surface area contributed by atoms with Crippen LogP contribution in [0.5, 0.6) is 0 Å². The van der Waals surface area contributed by atoms with E-state index in [0.717, 1.165) is 80.2 Å². The molecule has 2 aliphatic rings. The Balaban J connectivity index is 1.38. The summed E-state index contributed by atoms with van der Waals surface area (Å²) < 4.78 is 0. The first-order valence-electron chi connectivity index (χ1n) is 11.8. The topological polar surface area (TPSA) is 55.2 Å². The highest BCUT2D eigenvalue weighted by molar-refractivity contribution is 7.80. The second-order valence-electron chi connectivity index (χ2n) is 8.83. The van der Waals surface area contributed by atoms with Crippen LogP contribution in [0.15, 0.2) is 48.5 Å². The zero-order chi connectivity index (χ0) is 24.4. The summed E-state index contributed by atoms with van der Waals surface area (Å²) in [5.41, 5.74) is 6.11. The van der Waals surface area contributed by atoms with E-state index in [1.807, 2.05) is 24.3 Å². The number of fused-ring (bicyclic) bond motifs is 1. The minimum Gasteiger partial charge on any atom is -0.352 e. The van der Waals surface area contributed by atoms with Gasteiger partial charge in [-0.25, -0.2) is 4.98 Å². The van der Waals surface area contributed by atoms with E-state index in [2.05, 4.69) is 33.3 Å². The maximum absolute atomic E-state index is 10.1. The van der Waals surface area contributed by atoms with Gasteiger partial charge in [0.1, 0.15) is 11.9 Å². The van der Waals surface area contributed by atoms with Gasteiger partial charge in [-0.3, -0.25) is 0 Å². The van der Waals surface area contributed by atoms with Crippen LogP contribution in [0.4, 0.5) is 11.5 Å². The van der Waals surface area contributed by atoms with E-state index in [1.165, 1.54) is 11.1 Å². The number of nitriles is 1. The average molecular weight is 523 g/mol. The molecule has 178 valence electrons. The molecule has 1 aromatic heterocycles. The fraction of sp³-hybridized carbons (Fsp3) is 0.296. The molecule has 0 saturated carbocycles. The van der Waals surface area contributed by atoms with Gasteiger partial charge in [0, 0.05) is 37.4 Å². The highest BCUT2D eigenvalue weighted by atomic mass is 35.5. The number of thiocarbonyl (C=S) groups is 1. The number of pyridine rings is 1. The highest BCUT2D eigenvalue weighted by Gasteiger charge is 2.28. The summed E-state index contributed by atoms with van der Waals surface area (Å²) >= 11 is 17.8. The maximum Gasteiger partial charge on any atom is 0.173 e. The van der Waals surface area contributed by atoms with E-state index in [4.69, 9.17) is 40.4 Å². The zero-order valence-electron chi connectivity index (χ0n) is 19.2. The summed E-state index contributed by atoms with van der Waals surface area (Å²) in [6.45, 7) is 2.94. The molecule has 0 spiro atoms. The lowest BCUT2D eigenvalue weighted by Gasteiger charge is -2.38. The molecular weight excluding hydrogens is 497 g/mol. The lowest BCUT2D eigenvalue weighted by Crippen LogP contribution is -2.50. The van der Waals surface area contributed by atoms with Crippen molar-refractivity contribution in [3.05, 3.63) is 75.3 Å². The Hall–Kier alpha value is -2.85. The lowest BCUT2D eigenvalue weighted by molar-refractivity contribution is 0.389. The molecule has 1 fully saturated rings. The molecule has 3 aromatic rings. The van der Waals surface area contributed by atoms with Crippen LogP contribution >= 0.6 is 35.4 Å². The standard InChI is InChI=1S/C27H25Cl2N5S/c28-23-11-10-19(16-24(23)29)31-27(35)34-14-12-33(13-15-34)26-22(17-30)20-8-4-5-9-21(20)25(32-26)18-6-2-1-3-7-18/h1-3,6-7,10-11,16H,4-5,8-9,12-15H2,(H,31,35). The van der Waals surface area contributed by atoms with Crippen molar-refractivity contribution in [3.63, 3.8) is 0 Å². The predicted molar refractivity (Wildman–Crippen MR) is 147 cm³/mol. The van der Waals surface area contributed by atoms with Crippen molar-refractivity contribution in [3.8, 4) is 17.3 Å². The molecule has 1 aliphatic carbocycles. The number of aromatic nitrogens is 1. The number of piperazine rings is 1. The van der Waals surface area contributed by atoms with Crippen molar-refractivity contribution in [1.82, 2.24) is 9.88 Å². The summed E-state index contributed by atoms with van der Waals surface area (Å²) in [5, 5.41) is 15.0. The van der Waals surface area contributed by atoms with E-state index in [9.17, 15) is 5.26 Å². The van der Waals surface area contributed by atoms with Crippen LogP contribution in [0, 0.1) is 11.3 Å². The van der Waals surface area contributed by atoms with Gasteiger partial charge >= 0.3 is 0 Å². The van der Waals surface area contributed by atoms with Gasteiger partial charge in [0.2, 0.25) is 0 Å². The smallest absolute Gasteiger partial charge is 0.173 e. The number of rotatable bonds is 3. The van der Waals surface area contributed by atoms with Crippen molar-refractivity contribution in [2.75, 3.05) is 36.4 Å². The van der Waals surface area contributed by atoms with Crippen molar-refractivity contribution >= 4 is 52.0 Å². The number of anilines is 2. The number of hydrogen-bond acceptors (Lipinski definition) is 4. The summed E-state index contributed by atoms with van der Waals surface area (Å²) in [5.74, 6) is 0.801. The third-order valence-corrected chi connectivity index (χ3v) is 7.79. The van der Waals surface area contributed by atoms with Crippen LogP contribution in [0.2, 0.25) is 10.0 Å². The molecule has 2 aromatic carbocycles. The summed E-state index contributed by atoms with van der Waals surface area (Å²) in [6, 6.07) is 18.2. The minimum absolute atomic E-state index is 0.487. The van der Waals surface area contributed by atoms with Crippen LogP contribution in [-0.2, 0) is 12.8 Å². The molecule has 2 heterocycles. The van der Waals surface area contributed by atoms with E-state index >= 15 is 0 Å². The molecule has 0 atom stereocenters. The van der Waals surface area contributed by atoms with E-state index < -0.39 is 0 Å². The van der Waals surface area contributed by atoms with Crippen LogP contribution in [0.1, 0.15) is 29.5 Å². The first kappa shape index (κ1) is 23.9. The van der Waals surface area contributed by atoms with Crippen molar-refractivity contribution in [2.24, 2.45) is 0 Å². The van der Waals surface area contributed by atoms with Crippen molar-refractivity contribution < 1.29 is 0 Å². The molecule has 0 amide bonds. The van der Waals surface area contributed by atoms with Crippen LogP contribution in [0.25, 0.3) is 11.3 Å². The molecule has 8 heteroatoms. The van der Waals surface area contributed by atoms with Crippen molar-refractivity contribution in [1.29, 1.82) is 5.26 Å². The Morgan fingerprint density at radius 2 is 1.66 bits per heavy atom. The summed E-state index contributed by atoms with van der Waals surface area (Å²) in [4.78, 5) is 9.49. The van der Waals surface area contributed by atoms with Crippen molar-refractivity contribution in [2.45, 2.75) is 25.7 Å². The Bertz CT molecular complexity index is 1300. The van der Waals surface area contributed by atoms with Crippen LogP contribution < -0.4 is 10.2 Å². The number of nitrogens with one attached hydrogen (secondary N) is 1. The van der Waals surface area contributed by atoms with Gasteiger partial charge in [-0.05, 0) is 67.2 Å². The van der Waals surface area contributed by atoms with Gasteiger partial charge in [0.05, 0.1) is 21.3 Å². The molecule has 35 heavy (non-hydrogen) atoms. The Morgan fingerprint density at radius 1 is 0.943 bits per heavy atom. The molecule has 0 radical (unpaired) electrons. The van der Waals surface area contributed by atoms with Gasteiger partial charge in [-0.15, -0.1) is 0 Å². The maximum atomic E-state index is 10.1. The highest BCUT2D eigenvalue weighted by Crippen LogP contribution is 2.36. The van der Waals surface area contributed by atoms with Gasteiger partial charge < -0.3 is 15.1 Å². The third kappa shape index (κ3) is 4.95. The lowest BCUT2D eigenvalue weighted by atomic mass is 9.86. The molecule has 1 N–H and O–H groups in total. The molecule has 5 nitrogen and oxygen atoms in total. The fourth-order valence-corrected chi connectivity index (χ4v) is 5.48. The fourth-order valence-electron chi connectivity index (χ4n) is 4.89. The number of halogens is 2. The van der Waals surface area contributed by atoms with Crippen LogP contribution in [-0.4, -0.2) is 41.2 Å². The first-order valence-corrected chi connectivity index (χ1v) is 13.0. The Labute approximate surface area is 221 Å². The minimum atomic E-state index is 0.487. The zero-order valence-corrected chi connectivity index (χ0v) is 21.6. The SMILES string of the molecule is N#Cc1c(N2CCN(C(=S)Nc3ccc(Cl)c(Cl)c3)CC2)nc(-c2ccccc2)c2c1CCCC2. The van der Waals surface area contributed by atoms with Gasteiger partial charge in [0.15, 0.2) is 5.11 Å². The Kier molecular flexibility index (Phi) is 7.10. The molecule has 0 unspecified atom stereocenters. The van der Waals surface area contributed by atoms with E-state index in [1.54, 1.807) is 12.1 Å². The predicted octanol–water partition coefficient (Wildman–Crippen LogP) is 6.32. The largest absolute Gasteiger partial charge is 0.352 e. The number of hydrogen-bond donors (Lipinski definition) is 1. The average Bonchev–Trinajstić information content (AvgIpc) is 2.90. The normalized spacial score (nSPS) is 15.3. The third-order valence-electron chi connectivity index (χ3n) is 6.69. The Morgan fingerprint density at radius 3 is 2.34 bits per heavy atom. The summed E-state index contributed by atoms with van der Waals surface area (Å²) in [7, 11) is 0. The monoisotopic (exact) mass is 521 g/mol. The van der Waals surface area contributed by atoms with Crippen LogP contribution in [0.3, 0.4) is 0 Å². The molecule has 0 bridgehead atoms. The molecule has 1 aliphatic heterocycles. The molecular formula is C27H25Cl2N5S. The van der Waals surface area contributed by atoms with Gasteiger partial charge in [-0.2, -0.15) is 5.26 Å². The molecule has 5 rings (SSSR count). The van der Waals surface area contributed by atoms with Gasteiger partial charge in [0.25, 0.3) is 0 Å². The summed E-state index contributed by atoms with van der Waals surface area (Å²) in [6.07, 6.45) is 4.16. The second-order valence-corrected chi connectivity index (χ2v) is 10.0.